The lowest BCUT2D eigenvalue weighted by Crippen LogP contribution is -2.36. The zero-order valence-corrected chi connectivity index (χ0v) is 8.96. The lowest BCUT2D eigenvalue weighted by molar-refractivity contribution is -0.124. The van der Waals surface area contributed by atoms with E-state index in [1.807, 2.05) is 0 Å². The number of hydrogen-bond donors (Lipinski definition) is 1. The Labute approximate surface area is 88.9 Å². The molecule has 0 bridgehead atoms. The van der Waals surface area contributed by atoms with Crippen LogP contribution in [0.15, 0.2) is 24.3 Å². The van der Waals surface area contributed by atoms with Crippen molar-refractivity contribution in [2.45, 2.75) is 12.8 Å². The summed E-state index contributed by atoms with van der Waals surface area (Å²) >= 11 is 0. The Morgan fingerprint density at radius 2 is 1.93 bits per heavy atom. The zero-order chi connectivity index (χ0) is 11.3. The van der Waals surface area contributed by atoms with E-state index in [1.165, 1.54) is 12.1 Å². The molecule has 0 radical (unpaired) electrons. The maximum Gasteiger partial charge on any atom is 0.234 e. The fraction of sp³-hybridized carbons (Fsp3) is 0.364. The Morgan fingerprint density at radius 3 is 2.47 bits per heavy atom. The number of nitrogens with one attached hydrogen (secondary N) is 1. The largest absolute Gasteiger partial charge is 0.289 e. The summed E-state index contributed by atoms with van der Waals surface area (Å²) in [7, 11) is 3.52. The zero-order valence-electron chi connectivity index (χ0n) is 8.96. The molecule has 0 aliphatic rings. The third-order valence-corrected chi connectivity index (χ3v) is 1.90. The molecule has 0 unspecified atom stereocenters. The van der Waals surface area contributed by atoms with Crippen molar-refractivity contribution in [2.75, 3.05) is 14.1 Å². The van der Waals surface area contributed by atoms with Crippen molar-refractivity contribution in [3.05, 3.63) is 35.6 Å². The number of halogens is 1. The number of amides is 1. The van der Waals surface area contributed by atoms with Crippen LogP contribution in [-0.4, -0.2) is 25.0 Å². The van der Waals surface area contributed by atoms with Gasteiger partial charge < -0.3 is 0 Å². The van der Waals surface area contributed by atoms with E-state index in [1.54, 1.807) is 31.2 Å². The molecule has 0 aliphatic carbocycles. The highest BCUT2D eigenvalue weighted by atomic mass is 19.1. The Balaban J connectivity index is 2.37. The standard InChI is InChI=1S/C11H15FN2O/c1-14(2)13-11(15)8-5-9-3-6-10(12)7-4-9/h3-4,6-7H,5,8H2,1-2H3,(H,13,15). The van der Waals surface area contributed by atoms with Crippen molar-refractivity contribution in [1.29, 1.82) is 0 Å². The third-order valence-electron chi connectivity index (χ3n) is 1.90. The molecule has 1 N–H and O–H groups in total. The first-order valence-electron chi connectivity index (χ1n) is 4.79. The van der Waals surface area contributed by atoms with E-state index < -0.39 is 0 Å². The molecule has 4 heteroatoms. The summed E-state index contributed by atoms with van der Waals surface area (Å²) in [5.74, 6) is -0.291. The predicted octanol–water partition coefficient (Wildman–Crippen LogP) is 1.35. The molecule has 0 saturated carbocycles. The van der Waals surface area contributed by atoms with E-state index in [0.29, 0.717) is 12.8 Å². The Hall–Kier alpha value is -1.42. The van der Waals surface area contributed by atoms with Gasteiger partial charge in [-0.3, -0.25) is 10.2 Å². The summed E-state index contributed by atoms with van der Waals surface area (Å²) in [6.45, 7) is 0. The molecule has 1 aromatic rings. The van der Waals surface area contributed by atoms with Gasteiger partial charge >= 0.3 is 0 Å². The number of carbonyl (C=O) groups excluding carboxylic acids is 1. The lowest BCUT2D eigenvalue weighted by Gasteiger charge is -2.11. The summed E-state index contributed by atoms with van der Waals surface area (Å²) in [5.41, 5.74) is 3.61. The quantitative estimate of drug-likeness (QED) is 0.761. The van der Waals surface area contributed by atoms with Gasteiger partial charge in [-0.05, 0) is 24.1 Å². The van der Waals surface area contributed by atoms with Gasteiger partial charge in [0, 0.05) is 20.5 Å². The highest BCUT2D eigenvalue weighted by Gasteiger charge is 2.02. The highest BCUT2D eigenvalue weighted by Crippen LogP contribution is 2.05. The van der Waals surface area contributed by atoms with E-state index in [-0.39, 0.29) is 11.7 Å². The van der Waals surface area contributed by atoms with Crippen molar-refractivity contribution in [1.82, 2.24) is 10.4 Å². The topological polar surface area (TPSA) is 32.3 Å². The van der Waals surface area contributed by atoms with Gasteiger partial charge in [0.2, 0.25) is 5.91 Å². The van der Waals surface area contributed by atoms with Crippen molar-refractivity contribution >= 4 is 5.91 Å². The van der Waals surface area contributed by atoms with Crippen molar-refractivity contribution in [2.24, 2.45) is 0 Å². The summed E-state index contributed by atoms with van der Waals surface area (Å²) in [6.07, 6.45) is 1.03. The second kappa shape index (κ2) is 5.46. The summed E-state index contributed by atoms with van der Waals surface area (Å²) in [5, 5.41) is 1.60. The first-order chi connectivity index (χ1) is 7.08. The van der Waals surface area contributed by atoms with E-state index in [2.05, 4.69) is 5.43 Å². The molecule has 0 aliphatic heterocycles. The van der Waals surface area contributed by atoms with Crippen LogP contribution < -0.4 is 5.43 Å². The number of benzene rings is 1. The maximum absolute atomic E-state index is 12.6. The van der Waals surface area contributed by atoms with Crippen LogP contribution in [0.1, 0.15) is 12.0 Å². The lowest BCUT2D eigenvalue weighted by atomic mass is 10.1. The average Bonchev–Trinajstić information content (AvgIpc) is 2.16. The second-order valence-corrected chi connectivity index (χ2v) is 3.56. The van der Waals surface area contributed by atoms with Crippen LogP contribution >= 0.6 is 0 Å². The average molecular weight is 210 g/mol. The fourth-order valence-corrected chi connectivity index (χ4v) is 1.21. The first kappa shape index (κ1) is 11.7. The highest BCUT2D eigenvalue weighted by molar-refractivity contribution is 5.75. The van der Waals surface area contributed by atoms with Crippen LogP contribution in [0.2, 0.25) is 0 Å². The second-order valence-electron chi connectivity index (χ2n) is 3.56. The molecule has 0 saturated heterocycles. The number of hydrazine groups is 1. The van der Waals surface area contributed by atoms with Gasteiger partial charge in [0.1, 0.15) is 5.82 Å². The van der Waals surface area contributed by atoms with Gasteiger partial charge in [0.05, 0.1) is 0 Å². The van der Waals surface area contributed by atoms with E-state index in [9.17, 15) is 9.18 Å². The SMILES string of the molecule is CN(C)NC(=O)CCc1ccc(F)cc1. The van der Waals surface area contributed by atoms with Crippen molar-refractivity contribution in [3.63, 3.8) is 0 Å². The summed E-state index contributed by atoms with van der Waals surface area (Å²) in [6, 6.07) is 6.19. The molecule has 1 aromatic carbocycles. The Kier molecular flexibility index (Phi) is 4.24. The minimum Gasteiger partial charge on any atom is -0.289 e. The molecule has 15 heavy (non-hydrogen) atoms. The van der Waals surface area contributed by atoms with Gasteiger partial charge in [0.25, 0.3) is 0 Å². The van der Waals surface area contributed by atoms with Gasteiger partial charge in [-0.25, -0.2) is 9.40 Å². The van der Waals surface area contributed by atoms with Crippen LogP contribution in [-0.2, 0) is 11.2 Å². The number of nitrogens with zero attached hydrogens (tertiary/aromatic N) is 1. The van der Waals surface area contributed by atoms with Crippen LogP contribution in [0, 0.1) is 5.82 Å². The fourth-order valence-electron chi connectivity index (χ4n) is 1.21. The smallest absolute Gasteiger partial charge is 0.234 e. The Morgan fingerprint density at radius 1 is 1.33 bits per heavy atom. The van der Waals surface area contributed by atoms with E-state index >= 15 is 0 Å². The molecule has 0 heterocycles. The minimum atomic E-state index is -0.253. The molecule has 82 valence electrons. The molecule has 0 spiro atoms. The van der Waals surface area contributed by atoms with Crippen LogP contribution in [0.3, 0.4) is 0 Å². The normalized spacial score (nSPS) is 10.4. The van der Waals surface area contributed by atoms with Crippen molar-refractivity contribution < 1.29 is 9.18 Å². The minimum absolute atomic E-state index is 0.0377. The molecular weight excluding hydrogens is 195 g/mol. The molecule has 1 amide bonds. The van der Waals surface area contributed by atoms with Crippen LogP contribution in [0.5, 0.6) is 0 Å². The van der Waals surface area contributed by atoms with Gasteiger partial charge in [-0.1, -0.05) is 12.1 Å². The molecule has 3 nitrogen and oxygen atoms in total. The number of hydrogen-bond acceptors (Lipinski definition) is 2. The summed E-state index contributed by atoms with van der Waals surface area (Å²) in [4.78, 5) is 11.3. The number of aryl methyl sites for hydroxylation is 1. The first-order valence-corrected chi connectivity index (χ1v) is 4.79. The number of rotatable bonds is 4. The van der Waals surface area contributed by atoms with E-state index in [4.69, 9.17) is 0 Å². The van der Waals surface area contributed by atoms with Gasteiger partial charge in [-0.15, -0.1) is 0 Å². The predicted molar refractivity (Wildman–Crippen MR) is 56.6 cm³/mol. The monoisotopic (exact) mass is 210 g/mol. The Bertz CT molecular complexity index is 322. The van der Waals surface area contributed by atoms with E-state index in [0.717, 1.165) is 5.56 Å². The number of carbonyl (C=O) groups is 1. The molecule has 0 atom stereocenters. The van der Waals surface area contributed by atoms with Gasteiger partial charge in [-0.2, -0.15) is 0 Å². The van der Waals surface area contributed by atoms with Crippen molar-refractivity contribution in [3.8, 4) is 0 Å². The van der Waals surface area contributed by atoms with Crippen LogP contribution in [0.25, 0.3) is 0 Å². The maximum atomic E-state index is 12.6. The molecule has 1 rings (SSSR count). The molecule has 0 fully saturated rings. The third kappa shape index (κ3) is 4.56. The molecular formula is C11H15FN2O. The summed E-state index contributed by atoms with van der Waals surface area (Å²) < 4.78 is 12.6. The van der Waals surface area contributed by atoms with Gasteiger partial charge in [0.15, 0.2) is 0 Å². The van der Waals surface area contributed by atoms with Crippen LogP contribution in [0.4, 0.5) is 4.39 Å². The molecule has 0 aromatic heterocycles.